The van der Waals surface area contributed by atoms with Crippen molar-refractivity contribution >= 4 is 39.5 Å². The highest BCUT2D eigenvalue weighted by molar-refractivity contribution is 7.47. The van der Waals surface area contributed by atoms with Crippen LogP contribution in [0.5, 0.6) is 0 Å². The van der Waals surface area contributed by atoms with Gasteiger partial charge in [-0.05, 0) is 37.5 Å². The fourth-order valence-electron chi connectivity index (χ4n) is 10.1. The minimum absolute atomic E-state index is 0.101. The van der Waals surface area contributed by atoms with Crippen LogP contribution >= 0.6 is 15.6 Å². The number of ether oxygens (including phenoxy) is 4. The molecule has 17 nitrogen and oxygen atoms in total. The van der Waals surface area contributed by atoms with Gasteiger partial charge in [0.05, 0.1) is 26.4 Å². The predicted molar refractivity (Wildman–Crippen MR) is 345 cm³/mol. The zero-order chi connectivity index (χ0) is 63.6. The molecule has 19 heteroatoms. The number of phosphoric acid groups is 2. The molecule has 5 atom stereocenters. The first-order valence-corrected chi connectivity index (χ1v) is 38.0. The zero-order valence-corrected chi connectivity index (χ0v) is 57.4. The van der Waals surface area contributed by atoms with Crippen molar-refractivity contribution in [2.24, 2.45) is 11.8 Å². The van der Waals surface area contributed by atoms with E-state index in [1.807, 2.05) is 0 Å². The first-order valence-electron chi connectivity index (χ1n) is 35.0. The van der Waals surface area contributed by atoms with E-state index in [0.717, 1.165) is 102 Å². The Labute approximate surface area is 524 Å². The molecular weight excluding hydrogens is 1140 g/mol. The Hall–Kier alpha value is -1.94. The summed E-state index contributed by atoms with van der Waals surface area (Å²) in [7, 11) is -9.88. The average molecular weight is 1270 g/mol. The van der Waals surface area contributed by atoms with Gasteiger partial charge in [-0.1, -0.05) is 286 Å². The average Bonchev–Trinajstić information content (AvgIpc) is 3.63. The Morgan fingerprint density at radius 2 is 0.535 bits per heavy atom. The molecule has 0 radical (unpaired) electrons. The van der Waals surface area contributed by atoms with Gasteiger partial charge in [0.2, 0.25) is 0 Å². The maximum Gasteiger partial charge on any atom is 0.472 e. The molecule has 0 amide bonds. The summed E-state index contributed by atoms with van der Waals surface area (Å²) in [4.78, 5) is 72.1. The Bertz CT molecular complexity index is 1680. The van der Waals surface area contributed by atoms with Crippen LogP contribution in [-0.4, -0.2) is 96.7 Å². The van der Waals surface area contributed by atoms with E-state index in [-0.39, 0.29) is 25.7 Å². The van der Waals surface area contributed by atoms with Gasteiger partial charge >= 0.3 is 39.5 Å². The van der Waals surface area contributed by atoms with Gasteiger partial charge in [0.25, 0.3) is 0 Å². The number of hydrogen-bond donors (Lipinski definition) is 3. The van der Waals surface area contributed by atoms with E-state index in [1.165, 1.54) is 148 Å². The molecule has 0 aromatic rings. The van der Waals surface area contributed by atoms with E-state index < -0.39 is 97.5 Å². The Balaban J connectivity index is 5.15. The van der Waals surface area contributed by atoms with Crippen molar-refractivity contribution in [2.75, 3.05) is 39.6 Å². The smallest absolute Gasteiger partial charge is 0.462 e. The predicted octanol–water partition coefficient (Wildman–Crippen LogP) is 18.8. The molecule has 0 rings (SSSR count). The second-order valence-electron chi connectivity index (χ2n) is 25.2. The SMILES string of the molecule is CCCCCCCCCCCCCCCCCCCCC(=O)O[C@H](COC(=O)CCCCCCCCCCCCCC(C)C)COP(=O)(O)OC[C@@H](O)COP(=O)(O)OC[C@@H](COC(=O)CCCCCCC)OC(=O)CCCCCCCCC(C)C. The van der Waals surface area contributed by atoms with Crippen molar-refractivity contribution in [3.8, 4) is 0 Å². The zero-order valence-electron chi connectivity index (χ0n) is 55.6. The number of phosphoric ester groups is 2. The van der Waals surface area contributed by atoms with Crippen molar-refractivity contribution in [1.82, 2.24) is 0 Å². The minimum Gasteiger partial charge on any atom is -0.462 e. The largest absolute Gasteiger partial charge is 0.472 e. The lowest BCUT2D eigenvalue weighted by molar-refractivity contribution is -0.161. The molecule has 3 N–H and O–H groups in total. The lowest BCUT2D eigenvalue weighted by Gasteiger charge is -2.21. The first-order chi connectivity index (χ1) is 41.4. The lowest BCUT2D eigenvalue weighted by atomic mass is 10.0. The summed E-state index contributed by atoms with van der Waals surface area (Å²) in [5, 5.41) is 10.5. The standard InChI is InChI=1S/C67H130O17P2/c1-7-9-11-13-14-15-16-17-18-19-20-21-22-25-29-32-39-45-51-66(71)83-63(56-78-65(70)50-44-38-31-28-26-23-24-27-30-36-41-47-59(3)4)58-82-86(75,76)80-54-61(68)53-79-85(73,74)81-57-62(55-77-64(69)49-43-35-12-10-8-2)84-67(72)52-46-40-34-33-37-42-48-60(5)6/h59-63,68H,7-58H2,1-6H3,(H,73,74)(H,75,76)/t61-,62+,63+/m0/s1. The summed E-state index contributed by atoms with van der Waals surface area (Å²) in [5.41, 5.74) is 0. The van der Waals surface area contributed by atoms with Crippen LogP contribution in [-0.2, 0) is 65.4 Å². The Morgan fingerprint density at radius 1 is 0.314 bits per heavy atom. The van der Waals surface area contributed by atoms with Gasteiger partial charge in [-0.3, -0.25) is 37.3 Å². The summed E-state index contributed by atoms with van der Waals surface area (Å²) in [6.45, 7) is 9.34. The van der Waals surface area contributed by atoms with Crippen molar-refractivity contribution in [3.05, 3.63) is 0 Å². The molecule has 0 heterocycles. The number of aliphatic hydroxyl groups excluding tert-OH is 1. The van der Waals surface area contributed by atoms with Crippen molar-refractivity contribution in [3.63, 3.8) is 0 Å². The van der Waals surface area contributed by atoms with E-state index >= 15 is 0 Å². The summed E-state index contributed by atoms with van der Waals surface area (Å²) < 4.78 is 67.9. The van der Waals surface area contributed by atoms with Crippen molar-refractivity contribution in [1.29, 1.82) is 0 Å². The quantitative estimate of drug-likeness (QED) is 0.0222. The first kappa shape index (κ1) is 84.1. The van der Waals surface area contributed by atoms with Crippen LogP contribution in [0.4, 0.5) is 0 Å². The van der Waals surface area contributed by atoms with E-state index in [4.69, 9.17) is 37.0 Å². The molecule has 0 aliphatic heterocycles. The molecule has 0 spiro atoms. The van der Waals surface area contributed by atoms with Crippen LogP contribution in [0.1, 0.15) is 337 Å². The summed E-state index contributed by atoms with van der Waals surface area (Å²) >= 11 is 0. The highest BCUT2D eigenvalue weighted by atomic mass is 31.2. The molecule has 0 aromatic heterocycles. The van der Waals surface area contributed by atoms with E-state index in [0.29, 0.717) is 31.6 Å². The van der Waals surface area contributed by atoms with Gasteiger partial charge in [-0.2, -0.15) is 0 Å². The fraction of sp³-hybridized carbons (Fsp3) is 0.940. The van der Waals surface area contributed by atoms with E-state index in [1.54, 1.807) is 0 Å². The number of aliphatic hydroxyl groups is 1. The fourth-order valence-corrected chi connectivity index (χ4v) is 11.6. The van der Waals surface area contributed by atoms with Gasteiger partial charge in [0.15, 0.2) is 12.2 Å². The third-order valence-electron chi connectivity index (χ3n) is 15.5. The van der Waals surface area contributed by atoms with E-state index in [9.17, 15) is 43.2 Å². The Morgan fingerprint density at radius 3 is 0.791 bits per heavy atom. The minimum atomic E-state index is -4.95. The third kappa shape index (κ3) is 60.9. The summed E-state index contributed by atoms with van der Waals surface area (Å²) in [6.07, 6.45) is 43.7. The number of esters is 4. The molecule has 0 aliphatic rings. The van der Waals surface area contributed by atoms with Crippen molar-refractivity contribution in [2.45, 2.75) is 355 Å². The summed E-state index contributed by atoms with van der Waals surface area (Å²) in [6, 6.07) is 0. The third-order valence-corrected chi connectivity index (χ3v) is 17.4. The topological polar surface area (TPSA) is 237 Å². The number of carbonyl (C=O) groups is 4. The van der Waals surface area contributed by atoms with Crippen LogP contribution in [0, 0.1) is 11.8 Å². The monoisotopic (exact) mass is 1270 g/mol. The molecular formula is C67H130O17P2. The molecule has 0 aromatic carbocycles. The Kier molecular flexibility index (Phi) is 58.0. The van der Waals surface area contributed by atoms with Crippen LogP contribution in [0.3, 0.4) is 0 Å². The number of unbranched alkanes of at least 4 members (excludes halogenated alkanes) is 36. The van der Waals surface area contributed by atoms with Crippen LogP contribution in [0.25, 0.3) is 0 Å². The molecule has 2 unspecified atom stereocenters. The number of rotatable bonds is 66. The van der Waals surface area contributed by atoms with Crippen LogP contribution < -0.4 is 0 Å². The van der Waals surface area contributed by atoms with Gasteiger partial charge < -0.3 is 33.8 Å². The molecule has 0 aliphatic carbocycles. The molecule has 0 bridgehead atoms. The molecule has 0 fully saturated rings. The van der Waals surface area contributed by atoms with Gasteiger partial charge in [-0.25, -0.2) is 9.13 Å². The van der Waals surface area contributed by atoms with Crippen LogP contribution in [0.15, 0.2) is 0 Å². The van der Waals surface area contributed by atoms with Gasteiger partial charge in [0.1, 0.15) is 19.3 Å². The lowest BCUT2D eigenvalue weighted by Crippen LogP contribution is -2.30. The van der Waals surface area contributed by atoms with Crippen molar-refractivity contribution < 1.29 is 80.2 Å². The highest BCUT2D eigenvalue weighted by Crippen LogP contribution is 2.45. The molecule has 86 heavy (non-hydrogen) atoms. The second kappa shape index (κ2) is 59.4. The van der Waals surface area contributed by atoms with E-state index in [2.05, 4.69) is 41.5 Å². The molecule has 0 saturated heterocycles. The molecule has 510 valence electrons. The van der Waals surface area contributed by atoms with Gasteiger partial charge in [0, 0.05) is 25.7 Å². The summed E-state index contributed by atoms with van der Waals surface area (Å²) in [5.74, 6) is -0.703. The second-order valence-corrected chi connectivity index (χ2v) is 28.1. The van der Waals surface area contributed by atoms with Crippen LogP contribution in [0.2, 0.25) is 0 Å². The maximum atomic E-state index is 13.0. The van der Waals surface area contributed by atoms with Gasteiger partial charge in [-0.15, -0.1) is 0 Å². The highest BCUT2D eigenvalue weighted by Gasteiger charge is 2.30. The normalized spacial score (nSPS) is 14.2. The molecule has 0 saturated carbocycles. The number of hydrogen-bond acceptors (Lipinski definition) is 15. The number of carbonyl (C=O) groups excluding carboxylic acids is 4. The maximum absolute atomic E-state index is 13.0.